The molecule has 0 unspecified atom stereocenters. The van der Waals surface area contributed by atoms with Gasteiger partial charge in [-0.1, -0.05) is 25.5 Å². The van der Waals surface area contributed by atoms with Crippen molar-refractivity contribution in [1.29, 1.82) is 0 Å². The predicted octanol–water partition coefficient (Wildman–Crippen LogP) is 4.56. The maximum Gasteiger partial charge on any atom is 0.573 e. The van der Waals surface area contributed by atoms with E-state index in [1.54, 1.807) is 12.1 Å². The van der Waals surface area contributed by atoms with Gasteiger partial charge in [-0.25, -0.2) is 0 Å². The molecule has 2 aliphatic heterocycles. The molecule has 3 nitrogen and oxygen atoms in total. The van der Waals surface area contributed by atoms with Crippen molar-refractivity contribution >= 4 is 0 Å². The Kier molecular flexibility index (Phi) is 4.80. The Morgan fingerprint density at radius 2 is 1.67 bits per heavy atom. The van der Waals surface area contributed by atoms with Gasteiger partial charge in [0.05, 0.1) is 13.2 Å². The summed E-state index contributed by atoms with van der Waals surface area (Å²) in [5.41, 5.74) is 1.25. The number of benzene rings is 1. The largest absolute Gasteiger partial charge is 0.573 e. The van der Waals surface area contributed by atoms with E-state index >= 15 is 0 Å². The zero-order valence-electron chi connectivity index (χ0n) is 13.9. The Morgan fingerprint density at radius 3 is 2.25 bits per heavy atom. The van der Waals surface area contributed by atoms with Gasteiger partial charge in [0.1, 0.15) is 5.75 Å². The lowest BCUT2D eigenvalue weighted by Crippen LogP contribution is -2.45. The minimum Gasteiger partial charge on any atom is -0.406 e. The smallest absolute Gasteiger partial charge is 0.406 e. The average molecular weight is 343 g/mol. The normalized spacial score (nSPS) is 29.2. The van der Waals surface area contributed by atoms with Crippen LogP contribution in [0.25, 0.3) is 0 Å². The van der Waals surface area contributed by atoms with Crippen LogP contribution in [0, 0.1) is 0 Å². The molecule has 0 radical (unpaired) electrons. The number of hydrogen-bond acceptors (Lipinski definition) is 3. The molecule has 0 aromatic heterocycles. The van der Waals surface area contributed by atoms with E-state index in [1.165, 1.54) is 37.8 Å². The van der Waals surface area contributed by atoms with Gasteiger partial charge >= 0.3 is 6.36 Å². The van der Waals surface area contributed by atoms with Gasteiger partial charge in [0.25, 0.3) is 0 Å². The van der Waals surface area contributed by atoms with E-state index in [0.717, 1.165) is 18.4 Å². The zero-order chi connectivity index (χ0) is 17.3. The second-order valence-electron chi connectivity index (χ2n) is 7.12. The van der Waals surface area contributed by atoms with Crippen LogP contribution in [0.5, 0.6) is 5.75 Å². The molecular weight excluding hydrogens is 319 g/mol. The highest BCUT2D eigenvalue weighted by Crippen LogP contribution is 2.47. The van der Waals surface area contributed by atoms with Crippen molar-refractivity contribution in [2.45, 2.75) is 69.5 Å². The van der Waals surface area contributed by atoms with Crippen LogP contribution in [0.1, 0.15) is 51.0 Å². The minimum absolute atomic E-state index is 0.0918. The molecule has 1 N–H and O–H groups in total. The van der Waals surface area contributed by atoms with Crippen molar-refractivity contribution in [3.05, 3.63) is 29.8 Å². The fourth-order valence-corrected chi connectivity index (χ4v) is 4.14. The topological polar surface area (TPSA) is 30.5 Å². The third-order valence-corrected chi connectivity index (χ3v) is 5.23. The lowest BCUT2D eigenvalue weighted by molar-refractivity contribution is -0.274. The molecule has 0 atom stereocenters. The van der Waals surface area contributed by atoms with Crippen molar-refractivity contribution < 1.29 is 22.6 Å². The molecular formula is C18H24F3NO2. The van der Waals surface area contributed by atoms with E-state index in [2.05, 4.69) is 17.0 Å². The Labute approximate surface area is 140 Å². The second kappa shape index (κ2) is 6.56. The van der Waals surface area contributed by atoms with Crippen molar-refractivity contribution in [2.24, 2.45) is 0 Å². The highest BCUT2D eigenvalue weighted by molar-refractivity contribution is 5.27. The predicted molar refractivity (Wildman–Crippen MR) is 84.8 cm³/mol. The molecule has 2 saturated heterocycles. The molecule has 24 heavy (non-hydrogen) atoms. The van der Waals surface area contributed by atoms with Crippen molar-refractivity contribution in [3.63, 3.8) is 0 Å². The number of halogens is 3. The van der Waals surface area contributed by atoms with Gasteiger partial charge < -0.3 is 14.8 Å². The fraction of sp³-hybridized carbons (Fsp3) is 0.667. The quantitative estimate of drug-likeness (QED) is 0.787. The number of alkyl halides is 3. The summed E-state index contributed by atoms with van der Waals surface area (Å²) in [6, 6.07) is 5.86. The lowest BCUT2D eigenvalue weighted by Gasteiger charge is -2.25. The third-order valence-electron chi connectivity index (χ3n) is 5.23. The van der Waals surface area contributed by atoms with E-state index in [9.17, 15) is 13.2 Å². The molecule has 1 aromatic carbocycles. The summed E-state index contributed by atoms with van der Waals surface area (Å²) in [4.78, 5) is 0. The van der Waals surface area contributed by atoms with E-state index < -0.39 is 6.36 Å². The third kappa shape index (κ3) is 4.03. The highest BCUT2D eigenvalue weighted by atomic mass is 19.4. The van der Waals surface area contributed by atoms with Crippen LogP contribution in [0.3, 0.4) is 0 Å². The van der Waals surface area contributed by atoms with Crippen LogP contribution in [0.2, 0.25) is 0 Å². The monoisotopic (exact) mass is 343 g/mol. The van der Waals surface area contributed by atoms with Crippen LogP contribution >= 0.6 is 0 Å². The molecule has 0 aliphatic carbocycles. The summed E-state index contributed by atoms with van der Waals surface area (Å²) >= 11 is 0. The lowest BCUT2D eigenvalue weighted by atomic mass is 9.80. The molecule has 2 heterocycles. The first-order valence-corrected chi connectivity index (χ1v) is 8.56. The summed E-state index contributed by atoms with van der Waals surface area (Å²) in [6.07, 6.45) is 2.47. The second-order valence-corrected chi connectivity index (χ2v) is 7.12. The number of ether oxygens (including phenoxy) is 2. The van der Waals surface area contributed by atoms with Crippen LogP contribution in [0.15, 0.2) is 24.3 Å². The van der Waals surface area contributed by atoms with E-state index in [-0.39, 0.29) is 11.3 Å². The van der Waals surface area contributed by atoms with E-state index in [0.29, 0.717) is 18.8 Å². The molecule has 6 heteroatoms. The number of nitrogens with one attached hydrogen (secondary N) is 1. The molecule has 2 aliphatic rings. The number of rotatable bonds is 7. The molecule has 2 bridgehead atoms. The Morgan fingerprint density at radius 1 is 1.04 bits per heavy atom. The van der Waals surface area contributed by atoms with Crippen LogP contribution in [0.4, 0.5) is 13.2 Å². The van der Waals surface area contributed by atoms with Gasteiger partial charge in [0, 0.05) is 11.1 Å². The SMILES string of the molecule is CCCC12CCC(COCc3ccc(OC(F)(F)F)cc3)(CC1)N2. The summed E-state index contributed by atoms with van der Waals surface area (Å²) in [6.45, 7) is 3.27. The summed E-state index contributed by atoms with van der Waals surface area (Å²) in [7, 11) is 0. The van der Waals surface area contributed by atoms with E-state index in [1.807, 2.05) is 0 Å². The van der Waals surface area contributed by atoms with Crippen LogP contribution in [-0.2, 0) is 11.3 Å². The van der Waals surface area contributed by atoms with Crippen LogP contribution in [-0.4, -0.2) is 24.0 Å². The average Bonchev–Trinajstić information content (AvgIpc) is 3.04. The Balaban J connectivity index is 1.47. The Bertz CT molecular complexity index is 548. The molecule has 0 saturated carbocycles. The van der Waals surface area contributed by atoms with Gasteiger partial charge in [0.2, 0.25) is 0 Å². The molecule has 2 fully saturated rings. The van der Waals surface area contributed by atoms with E-state index in [4.69, 9.17) is 4.74 Å². The Hall–Kier alpha value is -1.27. The molecule has 134 valence electrons. The summed E-state index contributed by atoms with van der Waals surface area (Å²) in [5, 5.41) is 3.81. The fourth-order valence-electron chi connectivity index (χ4n) is 4.14. The van der Waals surface area contributed by atoms with Gasteiger partial charge in [0.15, 0.2) is 0 Å². The van der Waals surface area contributed by atoms with Gasteiger partial charge in [-0.05, 0) is 49.8 Å². The number of hydrogen-bond donors (Lipinski definition) is 1. The first kappa shape index (κ1) is 17.5. The molecule has 1 aromatic rings. The first-order valence-electron chi connectivity index (χ1n) is 8.56. The number of fused-ring (bicyclic) bond motifs is 2. The maximum atomic E-state index is 12.1. The van der Waals surface area contributed by atoms with Gasteiger partial charge in [-0.3, -0.25) is 0 Å². The zero-order valence-corrected chi connectivity index (χ0v) is 13.9. The summed E-state index contributed by atoms with van der Waals surface area (Å²) in [5.74, 6) is -0.206. The van der Waals surface area contributed by atoms with Gasteiger partial charge in [-0.15, -0.1) is 13.2 Å². The van der Waals surface area contributed by atoms with Crippen molar-refractivity contribution in [3.8, 4) is 5.75 Å². The maximum absolute atomic E-state index is 12.1. The van der Waals surface area contributed by atoms with Gasteiger partial charge in [-0.2, -0.15) is 0 Å². The molecule has 0 amide bonds. The first-order chi connectivity index (χ1) is 11.3. The van der Waals surface area contributed by atoms with Crippen molar-refractivity contribution in [2.75, 3.05) is 6.61 Å². The minimum atomic E-state index is -4.65. The van der Waals surface area contributed by atoms with Crippen LogP contribution < -0.4 is 10.1 Å². The molecule has 0 spiro atoms. The van der Waals surface area contributed by atoms with Crippen molar-refractivity contribution in [1.82, 2.24) is 5.32 Å². The standard InChI is InChI=1S/C18H24F3NO2/c1-2-7-16-8-10-17(22-16,11-9-16)13-23-12-14-3-5-15(6-4-14)24-18(19,20)21/h3-6,22H,2,7-13H2,1H3. The highest BCUT2D eigenvalue weighted by Gasteiger charge is 2.52. The summed E-state index contributed by atoms with van der Waals surface area (Å²) < 4.78 is 46.1. The molecule has 3 rings (SSSR count).